The molecule has 1 saturated heterocycles. The van der Waals surface area contributed by atoms with Crippen LogP contribution in [0.5, 0.6) is 0 Å². The lowest BCUT2D eigenvalue weighted by Gasteiger charge is -2.37. The lowest BCUT2D eigenvalue weighted by Crippen LogP contribution is -2.53. The average molecular weight is 326 g/mol. The second-order valence-electron chi connectivity index (χ2n) is 6.67. The molecule has 3 aliphatic rings. The molecule has 6 nitrogen and oxygen atoms in total. The molecule has 1 atom stereocenters. The van der Waals surface area contributed by atoms with Gasteiger partial charge in [0.1, 0.15) is 0 Å². The van der Waals surface area contributed by atoms with Gasteiger partial charge in [0.15, 0.2) is 0 Å². The molecule has 2 heterocycles. The van der Waals surface area contributed by atoms with E-state index in [1.807, 2.05) is 46.3 Å². The smallest absolute Gasteiger partial charge is 0.339 e. The van der Waals surface area contributed by atoms with Crippen LogP contribution in [0.3, 0.4) is 0 Å². The van der Waals surface area contributed by atoms with Crippen LogP contribution in [0.4, 0.5) is 4.79 Å². The zero-order valence-corrected chi connectivity index (χ0v) is 13.7. The predicted octanol–water partition coefficient (Wildman–Crippen LogP) is 2.09. The van der Waals surface area contributed by atoms with Crippen LogP contribution in [0.1, 0.15) is 30.9 Å². The number of benzene rings is 1. The first kappa shape index (κ1) is 15.2. The van der Waals surface area contributed by atoms with E-state index in [9.17, 15) is 9.59 Å². The Bertz CT molecular complexity index is 648. The minimum atomic E-state index is -0.0591. The van der Waals surface area contributed by atoms with E-state index < -0.39 is 0 Å². The predicted molar refractivity (Wildman–Crippen MR) is 90.4 cm³/mol. The minimum Gasteiger partial charge on any atom is -0.339 e. The van der Waals surface area contributed by atoms with Gasteiger partial charge >= 0.3 is 6.03 Å². The number of carbonyl (C=O) groups is 2. The Balaban J connectivity index is 1.39. The summed E-state index contributed by atoms with van der Waals surface area (Å²) in [5.74, 6) is 0.515. The number of hydrazone groups is 1. The molecule has 1 saturated carbocycles. The van der Waals surface area contributed by atoms with Crippen molar-refractivity contribution in [2.45, 2.75) is 25.3 Å². The third kappa shape index (κ3) is 2.88. The van der Waals surface area contributed by atoms with E-state index in [2.05, 4.69) is 5.10 Å². The number of hydrogen-bond acceptors (Lipinski definition) is 3. The lowest BCUT2D eigenvalue weighted by molar-refractivity contribution is -0.134. The average Bonchev–Trinajstić information content (AvgIpc) is 3.38. The van der Waals surface area contributed by atoms with Crippen molar-refractivity contribution in [3.63, 3.8) is 0 Å². The van der Waals surface area contributed by atoms with Crippen molar-refractivity contribution in [2.75, 3.05) is 26.2 Å². The largest absolute Gasteiger partial charge is 0.341 e. The van der Waals surface area contributed by atoms with Crippen molar-refractivity contribution < 1.29 is 9.59 Å². The van der Waals surface area contributed by atoms with Crippen LogP contribution in [0.15, 0.2) is 35.4 Å². The number of hydrogen-bond donors (Lipinski definition) is 0. The van der Waals surface area contributed by atoms with Gasteiger partial charge in [-0.05, 0) is 18.4 Å². The minimum absolute atomic E-state index is 0.0233. The highest BCUT2D eigenvalue weighted by Crippen LogP contribution is 2.32. The first-order chi connectivity index (χ1) is 11.7. The molecule has 2 aliphatic heterocycles. The van der Waals surface area contributed by atoms with E-state index in [-0.39, 0.29) is 23.9 Å². The van der Waals surface area contributed by atoms with Gasteiger partial charge in [0, 0.05) is 44.7 Å². The van der Waals surface area contributed by atoms with E-state index in [0.717, 1.165) is 24.8 Å². The first-order valence-electron chi connectivity index (χ1n) is 8.68. The van der Waals surface area contributed by atoms with Crippen LogP contribution in [0.25, 0.3) is 0 Å². The maximum absolute atomic E-state index is 12.8. The van der Waals surface area contributed by atoms with Crippen molar-refractivity contribution in [3.05, 3.63) is 35.9 Å². The molecule has 0 aromatic heterocycles. The van der Waals surface area contributed by atoms with Crippen molar-refractivity contribution in [1.82, 2.24) is 14.8 Å². The van der Waals surface area contributed by atoms with Gasteiger partial charge in [-0.15, -0.1) is 0 Å². The number of rotatable bonds is 2. The normalized spacial score (nSPS) is 23.7. The van der Waals surface area contributed by atoms with Crippen LogP contribution < -0.4 is 0 Å². The molecule has 1 aromatic rings. The molecule has 0 spiro atoms. The van der Waals surface area contributed by atoms with Crippen LogP contribution in [0, 0.1) is 5.92 Å². The fourth-order valence-electron chi connectivity index (χ4n) is 3.40. The summed E-state index contributed by atoms with van der Waals surface area (Å²) in [6.45, 7) is 2.44. The maximum atomic E-state index is 12.8. The zero-order valence-electron chi connectivity index (χ0n) is 13.7. The van der Waals surface area contributed by atoms with Gasteiger partial charge in [0.25, 0.3) is 0 Å². The summed E-state index contributed by atoms with van der Waals surface area (Å²) in [4.78, 5) is 28.7. The van der Waals surface area contributed by atoms with Crippen molar-refractivity contribution in [2.24, 2.45) is 11.0 Å². The molecule has 6 heteroatoms. The molecule has 2 fully saturated rings. The number of nitrogens with zero attached hydrogens (tertiary/aromatic N) is 4. The van der Waals surface area contributed by atoms with E-state index in [1.54, 1.807) is 5.01 Å². The standard InChI is InChI=1S/C18H22N4O2/c23-17(15-6-7-15)20-10-12-21(13-11-20)18(24)22-16(8-9-19-22)14-4-2-1-3-5-14/h1-5,9,15-16H,6-8,10-13H2. The zero-order chi connectivity index (χ0) is 16.5. The maximum Gasteiger partial charge on any atom is 0.341 e. The summed E-state index contributed by atoms with van der Waals surface area (Å²) in [6.07, 6.45) is 4.61. The Kier molecular flexibility index (Phi) is 3.96. The molecule has 4 rings (SSSR count). The molecular formula is C18H22N4O2. The summed E-state index contributed by atoms with van der Waals surface area (Å²) in [5.41, 5.74) is 1.10. The van der Waals surface area contributed by atoms with Gasteiger partial charge < -0.3 is 9.80 Å². The summed E-state index contributed by atoms with van der Waals surface area (Å²) >= 11 is 0. The summed E-state index contributed by atoms with van der Waals surface area (Å²) in [7, 11) is 0. The number of carbonyl (C=O) groups excluding carboxylic acids is 2. The second-order valence-corrected chi connectivity index (χ2v) is 6.67. The SMILES string of the molecule is O=C(C1CC1)N1CCN(C(=O)N2N=CCC2c2ccccc2)CC1. The van der Waals surface area contributed by atoms with Crippen LogP contribution in [0.2, 0.25) is 0 Å². The summed E-state index contributed by atoms with van der Waals surface area (Å²) < 4.78 is 0. The molecule has 0 radical (unpaired) electrons. The summed E-state index contributed by atoms with van der Waals surface area (Å²) in [5, 5.41) is 5.89. The van der Waals surface area contributed by atoms with Crippen molar-refractivity contribution >= 4 is 18.2 Å². The quantitative estimate of drug-likeness (QED) is 0.836. The third-order valence-electron chi connectivity index (χ3n) is 5.00. The van der Waals surface area contributed by atoms with Gasteiger partial charge in [-0.25, -0.2) is 9.80 Å². The van der Waals surface area contributed by atoms with Gasteiger partial charge in [-0.2, -0.15) is 5.10 Å². The van der Waals surface area contributed by atoms with E-state index in [1.165, 1.54) is 0 Å². The van der Waals surface area contributed by atoms with Crippen LogP contribution in [-0.2, 0) is 4.79 Å². The monoisotopic (exact) mass is 326 g/mol. The number of piperazine rings is 1. The van der Waals surface area contributed by atoms with Gasteiger partial charge in [0.2, 0.25) is 5.91 Å². The van der Waals surface area contributed by atoms with E-state index >= 15 is 0 Å². The fourth-order valence-corrected chi connectivity index (χ4v) is 3.40. The molecular weight excluding hydrogens is 304 g/mol. The highest BCUT2D eigenvalue weighted by atomic mass is 16.2. The molecule has 126 valence electrons. The molecule has 1 aromatic carbocycles. The number of amides is 3. The van der Waals surface area contributed by atoms with Crippen LogP contribution >= 0.6 is 0 Å². The Morgan fingerprint density at radius 2 is 1.62 bits per heavy atom. The highest BCUT2D eigenvalue weighted by molar-refractivity contribution is 5.82. The van der Waals surface area contributed by atoms with Gasteiger partial charge in [-0.3, -0.25) is 4.79 Å². The second kappa shape index (κ2) is 6.26. The Hall–Kier alpha value is -2.37. The molecule has 24 heavy (non-hydrogen) atoms. The fraction of sp³-hybridized carbons (Fsp3) is 0.500. The molecule has 0 bridgehead atoms. The van der Waals surface area contributed by atoms with Gasteiger partial charge in [-0.1, -0.05) is 30.3 Å². The molecule has 3 amide bonds. The van der Waals surface area contributed by atoms with Crippen LogP contribution in [-0.4, -0.2) is 59.1 Å². The third-order valence-corrected chi connectivity index (χ3v) is 5.00. The molecule has 0 N–H and O–H groups in total. The molecule has 1 unspecified atom stereocenters. The summed E-state index contributed by atoms with van der Waals surface area (Å²) in [6, 6.07) is 9.93. The Morgan fingerprint density at radius 1 is 0.958 bits per heavy atom. The topological polar surface area (TPSA) is 56.2 Å². The lowest BCUT2D eigenvalue weighted by atomic mass is 10.1. The Morgan fingerprint density at radius 3 is 2.29 bits per heavy atom. The van der Waals surface area contributed by atoms with Crippen molar-refractivity contribution in [3.8, 4) is 0 Å². The van der Waals surface area contributed by atoms with Crippen molar-refractivity contribution in [1.29, 1.82) is 0 Å². The first-order valence-corrected chi connectivity index (χ1v) is 8.68. The Labute approximate surface area is 141 Å². The highest BCUT2D eigenvalue weighted by Gasteiger charge is 2.37. The van der Waals surface area contributed by atoms with Gasteiger partial charge in [0.05, 0.1) is 6.04 Å². The van der Waals surface area contributed by atoms with E-state index in [0.29, 0.717) is 26.2 Å². The molecule has 1 aliphatic carbocycles. The van der Waals surface area contributed by atoms with E-state index in [4.69, 9.17) is 0 Å². The number of urea groups is 1.